The number of ether oxygens (including phenoxy) is 2. The third-order valence-electron chi connectivity index (χ3n) is 12.3. The summed E-state index contributed by atoms with van der Waals surface area (Å²) < 4.78 is 10.8. The molecule has 364 valence electrons. The molecule has 0 bridgehead atoms. The summed E-state index contributed by atoms with van der Waals surface area (Å²) in [6.07, 6.45) is 40.0. The number of benzene rings is 2. The normalized spacial score (nSPS) is 10.9. The average Bonchev–Trinajstić information content (AvgIpc) is 3.29. The maximum atomic E-state index is 12.5. The Hall–Kier alpha value is -3.68. The van der Waals surface area contributed by atoms with E-state index in [0.29, 0.717) is 30.8 Å². The minimum absolute atomic E-state index is 0.0116. The van der Waals surface area contributed by atoms with E-state index in [1.165, 1.54) is 154 Å². The van der Waals surface area contributed by atoms with Crippen molar-refractivity contribution in [2.75, 3.05) is 13.2 Å². The third kappa shape index (κ3) is 28.3. The Morgan fingerprint density at radius 3 is 1.05 bits per heavy atom. The molecule has 8 nitrogen and oxygen atoms in total. The van der Waals surface area contributed by atoms with Crippen molar-refractivity contribution in [3.05, 3.63) is 69.8 Å². The van der Waals surface area contributed by atoms with Crippen LogP contribution in [-0.2, 0) is 22.3 Å². The molecule has 2 N–H and O–H groups in total. The van der Waals surface area contributed by atoms with E-state index in [2.05, 4.69) is 27.7 Å². The van der Waals surface area contributed by atoms with Crippen LogP contribution in [0.15, 0.2) is 36.4 Å². The SMILES string of the molecule is CCCCCCCCCCOC(=O)c1ccccc1C(=O)OCCCCCCCCCC.CCCCCCCCCCc1ccc(C(=O)O)c(C(=O)O)c1CCCCCCCCCC. The van der Waals surface area contributed by atoms with Crippen LogP contribution in [0.5, 0.6) is 0 Å². The summed E-state index contributed by atoms with van der Waals surface area (Å²) in [7, 11) is 0. The predicted octanol–water partition coefficient (Wildman–Crippen LogP) is 16.7. The Kier molecular flexibility index (Phi) is 37.2. The molecular weight excluding hydrogens is 801 g/mol. The molecule has 0 saturated heterocycles. The molecule has 0 heterocycles. The molecule has 0 radical (unpaired) electrons. The van der Waals surface area contributed by atoms with E-state index >= 15 is 0 Å². The highest BCUT2D eigenvalue weighted by Gasteiger charge is 2.23. The number of carboxylic acids is 2. The minimum Gasteiger partial charge on any atom is -0.478 e. The highest BCUT2D eigenvalue weighted by Crippen LogP contribution is 2.25. The van der Waals surface area contributed by atoms with Gasteiger partial charge in [-0.05, 0) is 67.9 Å². The molecule has 2 rings (SSSR count). The van der Waals surface area contributed by atoms with E-state index in [4.69, 9.17) is 9.47 Å². The van der Waals surface area contributed by atoms with Crippen molar-refractivity contribution in [2.45, 2.75) is 246 Å². The lowest BCUT2D eigenvalue weighted by Gasteiger charge is -2.15. The van der Waals surface area contributed by atoms with Gasteiger partial charge >= 0.3 is 23.9 Å². The Balaban J connectivity index is 0.000000640. The summed E-state index contributed by atoms with van der Waals surface area (Å²) in [5.41, 5.74) is 2.32. The Bertz CT molecular complexity index is 1450. The van der Waals surface area contributed by atoms with Crippen LogP contribution in [0.4, 0.5) is 0 Å². The lowest BCUT2D eigenvalue weighted by atomic mass is 9.89. The molecule has 0 unspecified atom stereocenters. The van der Waals surface area contributed by atoms with Gasteiger partial charge in [-0.2, -0.15) is 0 Å². The fourth-order valence-electron chi connectivity index (χ4n) is 8.31. The minimum atomic E-state index is -1.15. The van der Waals surface area contributed by atoms with Gasteiger partial charge in [0.05, 0.1) is 35.5 Å². The summed E-state index contributed by atoms with van der Waals surface area (Å²) in [5, 5.41) is 19.3. The van der Waals surface area contributed by atoms with E-state index < -0.39 is 23.9 Å². The maximum absolute atomic E-state index is 12.5. The molecule has 2 aromatic carbocycles. The summed E-state index contributed by atoms with van der Waals surface area (Å²) in [6, 6.07) is 10.1. The van der Waals surface area contributed by atoms with Crippen LogP contribution in [0, 0.1) is 0 Å². The Morgan fingerprint density at radius 1 is 0.375 bits per heavy atom. The fraction of sp³-hybridized carbons (Fsp3) is 0.714. The molecule has 64 heavy (non-hydrogen) atoms. The first-order valence-electron chi connectivity index (χ1n) is 26.3. The smallest absolute Gasteiger partial charge is 0.339 e. The zero-order valence-electron chi connectivity index (χ0n) is 41.3. The van der Waals surface area contributed by atoms with Gasteiger partial charge in [-0.25, -0.2) is 19.2 Å². The van der Waals surface area contributed by atoms with Crippen molar-refractivity contribution in [1.82, 2.24) is 0 Å². The van der Waals surface area contributed by atoms with E-state index in [1.54, 1.807) is 24.3 Å². The molecule has 0 aliphatic heterocycles. The maximum Gasteiger partial charge on any atom is 0.339 e. The van der Waals surface area contributed by atoms with Crippen LogP contribution in [0.2, 0.25) is 0 Å². The summed E-state index contributed by atoms with van der Waals surface area (Å²) in [4.78, 5) is 48.5. The number of esters is 2. The number of carbonyl (C=O) groups excluding carboxylic acids is 2. The molecule has 0 saturated carbocycles. The molecule has 0 fully saturated rings. The fourth-order valence-corrected chi connectivity index (χ4v) is 8.31. The van der Waals surface area contributed by atoms with Crippen LogP contribution in [-0.4, -0.2) is 47.3 Å². The molecule has 0 aromatic heterocycles. The van der Waals surface area contributed by atoms with E-state index in [-0.39, 0.29) is 11.1 Å². The van der Waals surface area contributed by atoms with Gasteiger partial charge in [0.15, 0.2) is 0 Å². The van der Waals surface area contributed by atoms with Crippen LogP contribution in [0.1, 0.15) is 286 Å². The van der Waals surface area contributed by atoms with Crippen molar-refractivity contribution in [3.8, 4) is 0 Å². The van der Waals surface area contributed by atoms with Gasteiger partial charge in [0, 0.05) is 0 Å². The van der Waals surface area contributed by atoms with Gasteiger partial charge in [-0.3, -0.25) is 0 Å². The third-order valence-corrected chi connectivity index (χ3v) is 12.3. The molecule has 0 atom stereocenters. The zero-order valence-corrected chi connectivity index (χ0v) is 41.3. The highest BCUT2D eigenvalue weighted by molar-refractivity contribution is 6.03. The van der Waals surface area contributed by atoms with Crippen LogP contribution in [0.3, 0.4) is 0 Å². The molecule has 0 spiro atoms. The number of hydrogen-bond acceptors (Lipinski definition) is 6. The van der Waals surface area contributed by atoms with E-state index in [0.717, 1.165) is 75.3 Å². The second kappa shape index (κ2) is 40.8. The van der Waals surface area contributed by atoms with Gasteiger partial charge in [0.2, 0.25) is 0 Å². The molecular formula is C56H92O8. The molecule has 0 aliphatic carbocycles. The van der Waals surface area contributed by atoms with Gasteiger partial charge in [-0.15, -0.1) is 0 Å². The van der Waals surface area contributed by atoms with Crippen molar-refractivity contribution >= 4 is 23.9 Å². The number of carboxylic acid groups (broad SMARTS) is 2. The van der Waals surface area contributed by atoms with Crippen LogP contribution in [0.25, 0.3) is 0 Å². The Labute approximate surface area is 390 Å². The van der Waals surface area contributed by atoms with Crippen molar-refractivity contribution in [3.63, 3.8) is 0 Å². The number of carbonyl (C=O) groups is 4. The summed E-state index contributed by atoms with van der Waals surface area (Å²) >= 11 is 0. The van der Waals surface area contributed by atoms with Crippen LogP contribution < -0.4 is 0 Å². The van der Waals surface area contributed by atoms with Gasteiger partial charge < -0.3 is 19.7 Å². The van der Waals surface area contributed by atoms with E-state index in [1.807, 2.05) is 6.07 Å². The second-order valence-electron chi connectivity index (χ2n) is 18.0. The second-order valence-corrected chi connectivity index (χ2v) is 18.0. The zero-order chi connectivity index (χ0) is 46.9. The lowest BCUT2D eigenvalue weighted by molar-refractivity contribution is 0.0450. The largest absolute Gasteiger partial charge is 0.478 e. The van der Waals surface area contributed by atoms with E-state index in [9.17, 15) is 29.4 Å². The first-order chi connectivity index (χ1) is 31.2. The highest BCUT2D eigenvalue weighted by atomic mass is 16.5. The van der Waals surface area contributed by atoms with Crippen molar-refractivity contribution in [2.24, 2.45) is 0 Å². The monoisotopic (exact) mass is 893 g/mol. The first-order valence-corrected chi connectivity index (χ1v) is 26.3. The lowest BCUT2D eigenvalue weighted by Crippen LogP contribution is -2.15. The summed E-state index contributed by atoms with van der Waals surface area (Å²) in [6.45, 7) is 9.69. The predicted molar refractivity (Wildman–Crippen MR) is 265 cm³/mol. The molecule has 8 heteroatoms. The van der Waals surface area contributed by atoms with Crippen molar-refractivity contribution in [1.29, 1.82) is 0 Å². The van der Waals surface area contributed by atoms with Crippen molar-refractivity contribution < 1.29 is 38.9 Å². The first kappa shape index (κ1) is 58.3. The topological polar surface area (TPSA) is 127 Å². The number of aryl methyl sites for hydroxylation is 1. The molecule has 2 aromatic rings. The average molecular weight is 893 g/mol. The van der Waals surface area contributed by atoms with Crippen LogP contribution >= 0.6 is 0 Å². The standard InChI is InChI=1S/2C28H46O4/c1-3-5-7-9-11-13-15-19-23-31-27(29)25-21-17-18-22-26(25)28(30)32-24-20-16-14-12-10-8-6-4-2;1-3-5-7-9-11-13-15-17-19-23-21-22-25(27(29)30)26(28(31)32)24(23)20-18-16-14-12-10-8-6-4-2/h17-18,21-22H,3-16,19-20,23-24H2,1-2H3;21-22H,3-20H2,1-2H3,(H,29,30)(H,31,32). The van der Waals surface area contributed by atoms with Gasteiger partial charge in [-0.1, -0.05) is 226 Å². The number of unbranched alkanes of at least 4 members (excludes halogenated alkanes) is 28. The Morgan fingerprint density at radius 2 is 0.703 bits per heavy atom. The van der Waals surface area contributed by atoms with Gasteiger partial charge in [0.25, 0.3) is 0 Å². The quantitative estimate of drug-likeness (QED) is 0.0500. The summed E-state index contributed by atoms with van der Waals surface area (Å²) in [5.74, 6) is -3.15. The number of rotatable bonds is 40. The number of aromatic carboxylic acids is 2. The number of hydrogen-bond donors (Lipinski definition) is 2. The molecule has 0 amide bonds. The van der Waals surface area contributed by atoms with Gasteiger partial charge in [0.1, 0.15) is 0 Å². The molecule has 0 aliphatic rings.